The van der Waals surface area contributed by atoms with Gasteiger partial charge in [-0.2, -0.15) is 10.2 Å². The highest BCUT2D eigenvalue weighted by atomic mass is 16.1. The highest BCUT2D eigenvalue weighted by Gasteiger charge is 2.25. The molecule has 0 aromatic carbocycles. The molecule has 134 valence electrons. The third kappa shape index (κ3) is 3.68. The molecule has 0 bridgehead atoms. The lowest BCUT2D eigenvalue weighted by molar-refractivity contribution is 0.266. The van der Waals surface area contributed by atoms with Crippen LogP contribution in [0.2, 0.25) is 0 Å². The molecule has 6 heteroatoms. The minimum atomic E-state index is 0.0885. The van der Waals surface area contributed by atoms with E-state index in [4.69, 9.17) is 5.10 Å². The van der Waals surface area contributed by atoms with Crippen LogP contribution in [0.4, 0.5) is 0 Å². The lowest BCUT2D eigenvalue weighted by atomic mass is 9.91. The number of rotatable bonds is 4. The Labute approximate surface area is 148 Å². The van der Waals surface area contributed by atoms with Crippen LogP contribution in [0.1, 0.15) is 61.5 Å². The Hall–Kier alpha value is -1.95. The molecule has 0 aliphatic heterocycles. The number of hydrogen-bond donors (Lipinski definition) is 1. The van der Waals surface area contributed by atoms with Crippen molar-refractivity contribution in [1.82, 2.24) is 24.9 Å². The van der Waals surface area contributed by atoms with E-state index in [0.717, 1.165) is 56.5 Å². The first-order chi connectivity index (χ1) is 12.2. The number of aryl methyl sites for hydroxylation is 3. The molecule has 2 aromatic heterocycles. The predicted molar refractivity (Wildman–Crippen MR) is 96.5 cm³/mol. The molecular weight excluding hydrogens is 314 g/mol. The molecule has 0 unspecified atom stereocenters. The summed E-state index contributed by atoms with van der Waals surface area (Å²) in [6.07, 6.45) is 10.6. The Bertz CT molecular complexity index is 785. The zero-order chi connectivity index (χ0) is 17.2. The fraction of sp³-hybridized carbons (Fsp3) is 0.632. The van der Waals surface area contributed by atoms with Crippen molar-refractivity contribution in [3.8, 4) is 0 Å². The van der Waals surface area contributed by atoms with Gasteiger partial charge < -0.3 is 5.32 Å². The van der Waals surface area contributed by atoms with E-state index in [0.29, 0.717) is 6.04 Å². The molecule has 0 amide bonds. The van der Waals surface area contributed by atoms with Gasteiger partial charge in [-0.1, -0.05) is 0 Å². The van der Waals surface area contributed by atoms with Crippen LogP contribution in [-0.4, -0.2) is 25.6 Å². The zero-order valence-electron chi connectivity index (χ0n) is 14.9. The van der Waals surface area contributed by atoms with Gasteiger partial charge in [0.25, 0.3) is 5.56 Å². The number of nitrogens with one attached hydrogen (secondary N) is 1. The van der Waals surface area contributed by atoms with Crippen LogP contribution in [0.15, 0.2) is 23.1 Å². The van der Waals surface area contributed by atoms with Crippen LogP contribution in [-0.2, 0) is 26.4 Å². The fourth-order valence-electron chi connectivity index (χ4n) is 4.17. The number of fused-ring (bicyclic) bond motifs is 1. The third-order valence-electron chi connectivity index (χ3n) is 5.62. The van der Waals surface area contributed by atoms with Crippen molar-refractivity contribution in [3.63, 3.8) is 0 Å². The van der Waals surface area contributed by atoms with E-state index in [1.165, 1.54) is 18.4 Å². The molecule has 25 heavy (non-hydrogen) atoms. The van der Waals surface area contributed by atoms with Crippen LogP contribution in [0.5, 0.6) is 0 Å². The molecule has 2 aliphatic carbocycles. The molecule has 1 N–H and O–H groups in total. The van der Waals surface area contributed by atoms with Gasteiger partial charge >= 0.3 is 0 Å². The number of aromatic nitrogens is 4. The summed E-state index contributed by atoms with van der Waals surface area (Å²) < 4.78 is 3.61. The zero-order valence-corrected chi connectivity index (χ0v) is 14.9. The van der Waals surface area contributed by atoms with Crippen LogP contribution < -0.4 is 10.9 Å². The van der Waals surface area contributed by atoms with Crippen molar-refractivity contribution < 1.29 is 0 Å². The Kier molecular flexibility index (Phi) is 4.70. The lowest BCUT2D eigenvalue weighted by Gasteiger charge is -2.30. The maximum atomic E-state index is 12.5. The first-order valence-electron chi connectivity index (χ1n) is 9.52. The molecule has 2 aromatic rings. The second kappa shape index (κ2) is 7.12. The second-order valence-electron chi connectivity index (χ2n) is 7.47. The monoisotopic (exact) mass is 341 g/mol. The fourth-order valence-corrected chi connectivity index (χ4v) is 4.17. The Morgan fingerprint density at radius 1 is 1.16 bits per heavy atom. The predicted octanol–water partition coefficient (Wildman–Crippen LogP) is 2.13. The summed E-state index contributed by atoms with van der Waals surface area (Å²) in [6, 6.07) is 4.65. The van der Waals surface area contributed by atoms with Gasteiger partial charge in [-0.25, -0.2) is 4.68 Å². The first kappa shape index (κ1) is 16.5. The molecule has 2 heterocycles. The molecular formula is C19H27N5O. The average molecular weight is 341 g/mol. The van der Waals surface area contributed by atoms with E-state index in [9.17, 15) is 4.79 Å². The van der Waals surface area contributed by atoms with Gasteiger partial charge in [-0.05, 0) is 63.0 Å². The van der Waals surface area contributed by atoms with Crippen molar-refractivity contribution in [1.29, 1.82) is 0 Å². The topological polar surface area (TPSA) is 64.7 Å². The second-order valence-corrected chi connectivity index (χ2v) is 7.47. The van der Waals surface area contributed by atoms with E-state index in [1.54, 1.807) is 4.68 Å². The van der Waals surface area contributed by atoms with Crippen molar-refractivity contribution in [2.24, 2.45) is 7.05 Å². The van der Waals surface area contributed by atoms with E-state index in [2.05, 4.69) is 16.5 Å². The average Bonchev–Trinajstić information content (AvgIpc) is 3.05. The van der Waals surface area contributed by atoms with E-state index in [-0.39, 0.29) is 11.6 Å². The Morgan fingerprint density at radius 2 is 1.96 bits per heavy atom. The molecule has 4 rings (SSSR count). The van der Waals surface area contributed by atoms with Gasteiger partial charge in [-0.3, -0.25) is 9.48 Å². The number of nitrogens with zero attached hydrogens (tertiary/aromatic N) is 4. The van der Waals surface area contributed by atoms with Gasteiger partial charge in [-0.15, -0.1) is 0 Å². The van der Waals surface area contributed by atoms with Crippen LogP contribution in [0.25, 0.3) is 0 Å². The van der Waals surface area contributed by atoms with Crippen LogP contribution in [0.3, 0.4) is 0 Å². The first-order valence-corrected chi connectivity index (χ1v) is 9.52. The Morgan fingerprint density at radius 3 is 2.72 bits per heavy atom. The highest BCUT2D eigenvalue weighted by molar-refractivity contribution is 5.20. The van der Waals surface area contributed by atoms with Gasteiger partial charge in [0.2, 0.25) is 0 Å². The molecule has 1 saturated carbocycles. The van der Waals surface area contributed by atoms with Gasteiger partial charge in [0.15, 0.2) is 0 Å². The largest absolute Gasteiger partial charge is 0.308 e. The molecule has 1 fully saturated rings. The maximum absolute atomic E-state index is 12.5. The van der Waals surface area contributed by atoms with Crippen LogP contribution >= 0.6 is 0 Å². The third-order valence-corrected chi connectivity index (χ3v) is 5.62. The summed E-state index contributed by atoms with van der Waals surface area (Å²) in [4.78, 5) is 12.5. The molecule has 2 aliphatic rings. The van der Waals surface area contributed by atoms with E-state index < -0.39 is 0 Å². The van der Waals surface area contributed by atoms with Crippen molar-refractivity contribution in [2.75, 3.05) is 0 Å². The summed E-state index contributed by atoms with van der Waals surface area (Å²) in [6.45, 7) is 0.813. The van der Waals surface area contributed by atoms with E-state index >= 15 is 0 Å². The summed E-state index contributed by atoms with van der Waals surface area (Å²) >= 11 is 0. The molecule has 0 radical (unpaired) electrons. The van der Waals surface area contributed by atoms with Crippen molar-refractivity contribution in [3.05, 3.63) is 45.6 Å². The van der Waals surface area contributed by atoms with Crippen molar-refractivity contribution >= 4 is 0 Å². The van der Waals surface area contributed by atoms with E-state index in [1.807, 2.05) is 24.0 Å². The van der Waals surface area contributed by atoms with Gasteiger partial charge in [0, 0.05) is 31.9 Å². The smallest absolute Gasteiger partial charge is 0.267 e. The standard InChI is InChI=1S/C19H27N5O/c1-23-11-10-16(21-23)13-20-15-6-8-17(9-7-15)24-19(25)12-14-4-2-3-5-18(14)22-24/h10-12,15,17,20H,2-9,13H2,1H3. The quantitative estimate of drug-likeness (QED) is 0.925. The van der Waals surface area contributed by atoms with Crippen LogP contribution in [0, 0.1) is 0 Å². The minimum absolute atomic E-state index is 0.0885. The normalized spacial score (nSPS) is 23.4. The minimum Gasteiger partial charge on any atom is -0.308 e. The lowest BCUT2D eigenvalue weighted by Crippen LogP contribution is -2.37. The van der Waals surface area contributed by atoms with Gasteiger partial charge in [0.1, 0.15) is 0 Å². The highest BCUT2D eigenvalue weighted by Crippen LogP contribution is 2.28. The Balaban J connectivity index is 1.36. The summed E-state index contributed by atoms with van der Waals surface area (Å²) in [5.74, 6) is 0. The van der Waals surface area contributed by atoms with Crippen molar-refractivity contribution in [2.45, 2.75) is 70.0 Å². The summed E-state index contributed by atoms with van der Waals surface area (Å²) in [5.41, 5.74) is 3.50. The molecule has 6 nitrogen and oxygen atoms in total. The SMILES string of the molecule is Cn1ccc(CNC2CCC(n3nc4c(cc3=O)CCCC4)CC2)n1. The summed E-state index contributed by atoms with van der Waals surface area (Å²) in [7, 11) is 1.94. The summed E-state index contributed by atoms with van der Waals surface area (Å²) in [5, 5.41) is 12.7. The molecule has 0 spiro atoms. The number of hydrogen-bond acceptors (Lipinski definition) is 4. The molecule has 0 saturated heterocycles. The van der Waals surface area contributed by atoms with Gasteiger partial charge in [0.05, 0.1) is 17.4 Å². The maximum Gasteiger partial charge on any atom is 0.267 e. The molecule has 0 atom stereocenters.